The molecule has 0 fully saturated rings. The van der Waals surface area contributed by atoms with Crippen molar-refractivity contribution < 1.29 is 4.79 Å². The van der Waals surface area contributed by atoms with Crippen LogP contribution in [0, 0.1) is 13.8 Å². The summed E-state index contributed by atoms with van der Waals surface area (Å²) in [6, 6.07) is 8.38. The van der Waals surface area contributed by atoms with E-state index in [9.17, 15) is 4.79 Å². The van der Waals surface area contributed by atoms with Crippen LogP contribution in [0.3, 0.4) is 0 Å². The second kappa shape index (κ2) is 4.78. The second-order valence-electron chi connectivity index (χ2n) is 5.50. The molecule has 2 aromatic rings. The van der Waals surface area contributed by atoms with Crippen molar-refractivity contribution in [3.05, 3.63) is 46.8 Å². The molecular formula is C16H19N3O. The summed E-state index contributed by atoms with van der Waals surface area (Å²) in [4.78, 5) is 14.9. The average Bonchev–Trinajstić information content (AvgIpc) is 2.77. The van der Waals surface area contributed by atoms with Crippen LogP contribution in [0.2, 0.25) is 0 Å². The monoisotopic (exact) mass is 269 g/mol. The molecule has 1 aromatic heterocycles. The van der Waals surface area contributed by atoms with E-state index in [2.05, 4.69) is 23.2 Å². The van der Waals surface area contributed by atoms with Crippen molar-refractivity contribution >= 4 is 11.6 Å². The van der Waals surface area contributed by atoms with Gasteiger partial charge in [-0.3, -0.25) is 9.89 Å². The van der Waals surface area contributed by atoms with E-state index in [1.807, 2.05) is 36.9 Å². The van der Waals surface area contributed by atoms with Crippen molar-refractivity contribution in [2.75, 3.05) is 4.90 Å². The van der Waals surface area contributed by atoms with Gasteiger partial charge >= 0.3 is 0 Å². The van der Waals surface area contributed by atoms with Gasteiger partial charge in [-0.15, -0.1) is 0 Å². The third-order valence-corrected chi connectivity index (χ3v) is 4.08. The van der Waals surface area contributed by atoms with Crippen LogP contribution in [0.15, 0.2) is 24.3 Å². The topological polar surface area (TPSA) is 49.0 Å². The van der Waals surface area contributed by atoms with Crippen LogP contribution in [0.1, 0.15) is 40.7 Å². The van der Waals surface area contributed by atoms with Gasteiger partial charge in [0.15, 0.2) is 0 Å². The molecule has 0 bridgehead atoms. The lowest BCUT2D eigenvalue weighted by Crippen LogP contribution is -2.42. The van der Waals surface area contributed by atoms with Gasteiger partial charge in [-0.2, -0.15) is 5.10 Å². The van der Waals surface area contributed by atoms with Crippen molar-refractivity contribution in [3.63, 3.8) is 0 Å². The zero-order valence-electron chi connectivity index (χ0n) is 12.1. The van der Waals surface area contributed by atoms with E-state index in [4.69, 9.17) is 0 Å². The number of aromatic amines is 1. The van der Waals surface area contributed by atoms with Gasteiger partial charge < -0.3 is 4.90 Å². The number of fused-ring (bicyclic) bond motifs is 1. The Morgan fingerprint density at radius 1 is 1.35 bits per heavy atom. The largest absolute Gasteiger partial charge is 0.305 e. The van der Waals surface area contributed by atoms with Crippen LogP contribution < -0.4 is 4.90 Å². The number of benzene rings is 1. The van der Waals surface area contributed by atoms with E-state index in [0.29, 0.717) is 5.56 Å². The van der Waals surface area contributed by atoms with Gasteiger partial charge in [-0.1, -0.05) is 18.2 Å². The predicted molar refractivity (Wildman–Crippen MR) is 79.1 cm³/mol. The molecule has 1 aliphatic heterocycles. The van der Waals surface area contributed by atoms with Gasteiger partial charge in [0.1, 0.15) is 0 Å². The van der Waals surface area contributed by atoms with E-state index < -0.39 is 0 Å². The maximum atomic E-state index is 12.9. The Labute approximate surface area is 118 Å². The maximum Gasteiger partial charge on any atom is 0.262 e. The van der Waals surface area contributed by atoms with Gasteiger partial charge in [-0.25, -0.2) is 0 Å². The first kappa shape index (κ1) is 12.9. The first-order valence-corrected chi connectivity index (χ1v) is 7.02. The van der Waals surface area contributed by atoms with Crippen LogP contribution in [0.4, 0.5) is 5.69 Å². The Morgan fingerprint density at radius 2 is 2.10 bits per heavy atom. The minimum atomic E-state index is 0.0494. The number of carbonyl (C=O) groups excluding carboxylic acids is 1. The lowest BCUT2D eigenvalue weighted by atomic mass is 9.95. The number of hydrogen-bond donors (Lipinski definition) is 1. The Hall–Kier alpha value is -2.10. The van der Waals surface area contributed by atoms with E-state index in [1.54, 1.807) is 0 Å². The van der Waals surface area contributed by atoms with Crippen LogP contribution in [0.25, 0.3) is 0 Å². The number of nitrogens with one attached hydrogen (secondary N) is 1. The fraction of sp³-hybridized carbons (Fsp3) is 0.375. The number of hydrogen-bond acceptors (Lipinski definition) is 2. The number of rotatable bonds is 1. The highest BCUT2D eigenvalue weighted by Crippen LogP contribution is 2.32. The maximum absolute atomic E-state index is 12.9. The summed E-state index contributed by atoms with van der Waals surface area (Å²) in [5.74, 6) is 0.0494. The number of aryl methyl sites for hydroxylation is 3. The summed E-state index contributed by atoms with van der Waals surface area (Å²) in [5, 5.41) is 7.04. The predicted octanol–water partition coefficient (Wildman–Crippen LogP) is 3.01. The molecule has 1 aromatic carbocycles. The highest BCUT2D eigenvalue weighted by Gasteiger charge is 2.31. The smallest absolute Gasteiger partial charge is 0.262 e. The van der Waals surface area contributed by atoms with Crippen LogP contribution in [0.5, 0.6) is 0 Å². The van der Waals surface area contributed by atoms with Crippen LogP contribution >= 0.6 is 0 Å². The van der Waals surface area contributed by atoms with Gasteiger partial charge in [0.2, 0.25) is 0 Å². The number of nitrogens with zero attached hydrogens (tertiary/aromatic N) is 2. The van der Waals surface area contributed by atoms with E-state index in [1.165, 1.54) is 5.56 Å². The molecule has 1 amide bonds. The fourth-order valence-electron chi connectivity index (χ4n) is 2.98. The molecule has 3 rings (SSSR count). The minimum Gasteiger partial charge on any atom is -0.305 e. The summed E-state index contributed by atoms with van der Waals surface area (Å²) < 4.78 is 0. The van der Waals surface area contributed by atoms with Gasteiger partial charge in [0, 0.05) is 17.4 Å². The Balaban J connectivity index is 2.08. The third-order valence-electron chi connectivity index (χ3n) is 4.08. The zero-order chi connectivity index (χ0) is 14.3. The molecule has 104 valence electrons. The molecule has 2 heterocycles. The Kier molecular flexibility index (Phi) is 3.08. The number of amides is 1. The molecule has 0 saturated heterocycles. The molecule has 4 heteroatoms. The number of carbonyl (C=O) groups is 1. The zero-order valence-corrected chi connectivity index (χ0v) is 12.1. The Bertz CT molecular complexity index is 640. The number of H-pyrrole nitrogens is 1. The van der Waals surface area contributed by atoms with E-state index in [0.717, 1.165) is 29.9 Å². The van der Waals surface area contributed by atoms with Crippen molar-refractivity contribution in [2.24, 2.45) is 0 Å². The summed E-state index contributed by atoms with van der Waals surface area (Å²) in [7, 11) is 0. The number of aromatic nitrogens is 2. The SMILES string of the molecule is Cc1n[nH]c(C)c1C(=O)N1c2ccccc2CCC1C. The van der Waals surface area contributed by atoms with Crippen LogP contribution in [-0.2, 0) is 6.42 Å². The van der Waals surface area contributed by atoms with Crippen molar-refractivity contribution in [1.82, 2.24) is 10.2 Å². The van der Waals surface area contributed by atoms with E-state index in [-0.39, 0.29) is 11.9 Å². The number of anilines is 1. The Morgan fingerprint density at radius 3 is 2.80 bits per heavy atom. The molecule has 20 heavy (non-hydrogen) atoms. The minimum absolute atomic E-state index is 0.0494. The number of para-hydroxylation sites is 1. The van der Waals surface area contributed by atoms with Gasteiger partial charge in [0.25, 0.3) is 5.91 Å². The molecule has 1 unspecified atom stereocenters. The lowest BCUT2D eigenvalue weighted by molar-refractivity contribution is 0.0974. The van der Waals surface area contributed by atoms with Crippen molar-refractivity contribution in [1.29, 1.82) is 0 Å². The molecular weight excluding hydrogens is 250 g/mol. The van der Waals surface area contributed by atoms with Crippen molar-refractivity contribution in [2.45, 2.75) is 39.7 Å². The first-order valence-electron chi connectivity index (χ1n) is 7.02. The fourth-order valence-corrected chi connectivity index (χ4v) is 2.98. The molecule has 0 saturated carbocycles. The molecule has 1 aliphatic rings. The normalized spacial score (nSPS) is 17.9. The van der Waals surface area contributed by atoms with Gasteiger partial charge in [0.05, 0.1) is 11.3 Å². The van der Waals surface area contributed by atoms with E-state index >= 15 is 0 Å². The highest BCUT2D eigenvalue weighted by molar-refractivity contribution is 6.08. The van der Waals surface area contributed by atoms with Crippen LogP contribution in [-0.4, -0.2) is 22.1 Å². The lowest BCUT2D eigenvalue weighted by Gasteiger charge is -2.35. The van der Waals surface area contributed by atoms with Gasteiger partial charge in [-0.05, 0) is 45.2 Å². The molecule has 1 N–H and O–H groups in total. The molecule has 4 nitrogen and oxygen atoms in total. The second-order valence-corrected chi connectivity index (χ2v) is 5.50. The molecule has 1 atom stereocenters. The first-order chi connectivity index (χ1) is 9.59. The highest BCUT2D eigenvalue weighted by atomic mass is 16.2. The standard InChI is InChI=1S/C16H19N3O/c1-10-8-9-13-6-4-5-7-14(13)19(10)16(20)15-11(2)17-18-12(15)3/h4-7,10H,8-9H2,1-3H3,(H,17,18). The summed E-state index contributed by atoms with van der Waals surface area (Å²) in [6.07, 6.45) is 2.03. The molecule has 0 spiro atoms. The average molecular weight is 269 g/mol. The summed E-state index contributed by atoms with van der Waals surface area (Å²) in [6.45, 7) is 5.88. The quantitative estimate of drug-likeness (QED) is 0.865. The summed E-state index contributed by atoms with van der Waals surface area (Å²) in [5.41, 5.74) is 4.59. The molecule has 0 radical (unpaired) electrons. The molecule has 0 aliphatic carbocycles. The summed E-state index contributed by atoms with van der Waals surface area (Å²) >= 11 is 0. The third kappa shape index (κ3) is 1.92. The van der Waals surface area contributed by atoms with Crippen molar-refractivity contribution in [3.8, 4) is 0 Å².